The summed E-state index contributed by atoms with van der Waals surface area (Å²) in [6.07, 6.45) is 3.14. The van der Waals surface area contributed by atoms with E-state index in [-0.39, 0.29) is 24.5 Å². The van der Waals surface area contributed by atoms with Crippen molar-refractivity contribution in [3.05, 3.63) is 40.5 Å². The van der Waals surface area contributed by atoms with Gasteiger partial charge in [0.05, 0.1) is 23.5 Å². The lowest BCUT2D eigenvalue weighted by atomic mass is 10.0. The van der Waals surface area contributed by atoms with Crippen LogP contribution in [-0.4, -0.2) is 52.5 Å². The van der Waals surface area contributed by atoms with E-state index in [2.05, 4.69) is 15.4 Å². The number of hydrogen-bond acceptors (Lipinski definition) is 7. The number of nitrogens with two attached hydrogens (primary N) is 1. The topological polar surface area (TPSA) is 120 Å². The molecule has 0 bridgehead atoms. The van der Waals surface area contributed by atoms with Crippen molar-refractivity contribution >= 4 is 23.4 Å². The van der Waals surface area contributed by atoms with Gasteiger partial charge in [0, 0.05) is 36.9 Å². The molecule has 3 N–H and O–H groups in total. The van der Waals surface area contributed by atoms with Crippen LogP contribution in [0.3, 0.4) is 0 Å². The van der Waals surface area contributed by atoms with Gasteiger partial charge in [0.2, 0.25) is 5.91 Å². The van der Waals surface area contributed by atoms with Crippen LogP contribution in [-0.2, 0) is 16.1 Å². The highest BCUT2D eigenvalue weighted by Gasteiger charge is 2.29. The molecule has 1 saturated heterocycles. The fraction of sp³-hybridized carbons (Fsp3) is 0.368. The third-order valence-corrected chi connectivity index (χ3v) is 5.15. The molecule has 2 aromatic rings. The van der Waals surface area contributed by atoms with Crippen molar-refractivity contribution in [2.75, 3.05) is 19.8 Å². The van der Waals surface area contributed by atoms with E-state index >= 15 is 0 Å². The molecule has 9 nitrogen and oxygen atoms in total. The van der Waals surface area contributed by atoms with E-state index in [9.17, 15) is 9.59 Å². The van der Waals surface area contributed by atoms with Crippen molar-refractivity contribution < 1.29 is 19.2 Å². The van der Waals surface area contributed by atoms with Gasteiger partial charge in [-0.1, -0.05) is 23.7 Å². The zero-order chi connectivity index (χ0) is 20.4. The lowest BCUT2D eigenvalue weighted by Gasteiger charge is -2.22. The molecule has 2 aliphatic heterocycles. The second kappa shape index (κ2) is 8.32. The number of halogens is 1. The Morgan fingerprint density at radius 2 is 2.17 bits per heavy atom. The van der Waals surface area contributed by atoms with Gasteiger partial charge in [-0.25, -0.2) is 4.98 Å². The van der Waals surface area contributed by atoms with Crippen molar-refractivity contribution in [1.29, 1.82) is 0 Å². The zero-order valence-electron chi connectivity index (χ0n) is 15.6. The molecule has 0 atom stereocenters. The molecular weight excluding hydrogens is 398 g/mol. The number of carbonyl (C=O) groups is 2. The van der Waals surface area contributed by atoms with Crippen LogP contribution in [0.4, 0.5) is 0 Å². The van der Waals surface area contributed by atoms with E-state index < -0.39 is 5.91 Å². The number of amides is 2. The summed E-state index contributed by atoms with van der Waals surface area (Å²) in [7, 11) is 0. The predicted octanol–water partition coefficient (Wildman–Crippen LogP) is 1.30. The molecule has 0 spiro atoms. The molecule has 3 heterocycles. The number of hydroxylamine groups is 1. The SMILES string of the molecule is NC(=O)CN1Cc2ccc(-c3nc(ONC4CCOCC4)ncc3Cl)cc2C1=O. The molecule has 0 aliphatic carbocycles. The molecule has 0 unspecified atom stereocenters. The highest BCUT2D eigenvalue weighted by Crippen LogP contribution is 2.31. The van der Waals surface area contributed by atoms with Gasteiger partial charge >= 0.3 is 6.01 Å². The summed E-state index contributed by atoms with van der Waals surface area (Å²) in [5.41, 5.74) is 10.6. The quantitative estimate of drug-likeness (QED) is 0.679. The Labute approximate surface area is 172 Å². The van der Waals surface area contributed by atoms with Crippen molar-refractivity contribution in [3.8, 4) is 17.3 Å². The van der Waals surface area contributed by atoms with E-state index in [0.29, 0.717) is 41.6 Å². The minimum atomic E-state index is -0.552. The zero-order valence-corrected chi connectivity index (χ0v) is 16.3. The van der Waals surface area contributed by atoms with Gasteiger partial charge in [0.15, 0.2) is 0 Å². The lowest BCUT2D eigenvalue weighted by molar-refractivity contribution is -0.118. The third kappa shape index (κ3) is 4.31. The van der Waals surface area contributed by atoms with Gasteiger partial charge in [0.25, 0.3) is 5.91 Å². The van der Waals surface area contributed by atoms with E-state index in [0.717, 1.165) is 18.4 Å². The molecule has 29 heavy (non-hydrogen) atoms. The molecule has 4 rings (SSSR count). The monoisotopic (exact) mass is 417 g/mol. The van der Waals surface area contributed by atoms with Gasteiger partial charge in [-0.2, -0.15) is 4.98 Å². The first-order chi connectivity index (χ1) is 14.0. The van der Waals surface area contributed by atoms with Crippen LogP contribution in [0, 0.1) is 0 Å². The molecular formula is C19H20ClN5O4. The Hall–Kier alpha value is -2.75. The minimum Gasteiger partial charge on any atom is -0.381 e. The first-order valence-corrected chi connectivity index (χ1v) is 9.62. The number of hydrogen-bond donors (Lipinski definition) is 2. The Kier molecular flexibility index (Phi) is 5.61. The predicted molar refractivity (Wildman–Crippen MR) is 104 cm³/mol. The molecule has 10 heteroatoms. The molecule has 0 saturated carbocycles. The van der Waals surface area contributed by atoms with Crippen molar-refractivity contribution in [3.63, 3.8) is 0 Å². The summed E-state index contributed by atoms with van der Waals surface area (Å²) < 4.78 is 5.32. The average molecular weight is 418 g/mol. The number of ether oxygens (including phenoxy) is 1. The van der Waals surface area contributed by atoms with Gasteiger partial charge in [-0.05, 0) is 24.5 Å². The fourth-order valence-electron chi connectivity index (χ4n) is 3.38. The largest absolute Gasteiger partial charge is 0.381 e. The smallest absolute Gasteiger partial charge is 0.336 e. The number of carbonyl (C=O) groups excluding carboxylic acids is 2. The van der Waals surface area contributed by atoms with Crippen molar-refractivity contribution in [2.45, 2.75) is 25.4 Å². The molecule has 2 aliphatic rings. The van der Waals surface area contributed by atoms with Crippen molar-refractivity contribution in [1.82, 2.24) is 20.3 Å². The summed E-state index contributed by atoms with van der Waals surface area (Å²) in [6, 6.07) is 5.66. The summed E-state index contributed by atoms with van der Waals surface area (Å²) in [5.74, 6) is -0.799. The Morgan fingerprint density at radius 1 is 1.38 bits per heavy atom. The average Bonchev–Trinajstić information content (AvgIpc) is 3.02. The number of nitrogens with one attached hydrogen (secondary N) is 1. The van der Waals surface area contributed by atoms with E-state index in [1.807, 2.05) is 12.1 Å². The van der Waals surface area contributed by atoms with E-state index in [4.69, 9.17) is 26.9 Å². The van der Waals surface area contributed by atoms with Gasteiger partial charge in [-0.3, -0.25) is 9.59 Å². The summed E-state index contributed by atoms with van der Waals surface area (Å²) in [4.78, 5) is 39.1. The first kappa shape index (κ1) is 19.6. The Morgan fingerprint density at radius 3 is 2.93 bits per heavy atom. The van der Waals surface area contributed by atoms with Crippen LogP contribution < -0.4 is 16.1 Å². The third-order valence-electron chi connectivity index (χ3n) is 4.87. The maximum absolute atomic E-state index is 12.6. The molecule has 2 amide bonds. The number of nitrogens with zero attached hydrogens (tertiary/aromatic N) is 3. The van der Waals surface area contributed by atoms with Crippen LogP contribution in [0.15, 0.2) is 24.4 Å². The maximum Gasteiger partial charge on any atom is 0.336 e. The Bertz CT molecular complexity index is 948. The number of fused-ring (bicyclic) bond motifs is 1. The van der Waals surface area contributed by atoms with E-state index in [1.54, 1.807) is 6.07 Å². The molecule has 1 aromatic heterocycles. The lowest BCUT2D eigenvalue weighted by Crippen LogP contribution is -2.37. The summed E-state index contributed by atoms with van der Waals surface area (Å²) in [5, 5.41) is 0.336. The van der Waals surface area contributed by atoms with Crippen molar-refractivity contribution in [2.24, 2.45) is 5.73 Å². The summed E-state index contributed by atoms with van der Waals surface area (Å²) >= 11 is 6.29. The van der Waals surface area contributed by atoms with Crippen LogP contribution in [0.25, 0.3) is 11.3 Å². The van der Waals surface area contributed by atoms with Gasteiger partial charge in [-0.15, -0.1) is 5.48 Å². The Balaban J connectivity index is 1.53. The maximum atomic E-state index is 12.6. The van der Waals surface area contributed by atoms with Gasteiger partial charge in [0.1, 0.15) is 0 Å². The number of rotatable bonds is 6. The molecule has 152 valence electrons. The second-order valence-corrected chi connectivity index (χ2v) is 7.36. The van der Waals surface area contributed by atoms with Crippen LogP contribution in [0.2, 0.25) is 5.02 Å². The highest BCUT2D eigenvalue weighted by atomic mass is 35.5. The fourth-order valence-corrected chi connectivity index (χ4v) is 3.58. The molecule has 1 fully saturated rings. The number of primary amides is 1. The first-order valence-electron chi connectivity index (χ1n) is 9.25. The number of aromatic nitrogens is 2. The summed E-state index contributed by atoms with van der Waals surface area (Å²) in [6.45, 7) is 1.60. The normalized spacial score (nSPS) is 16.7. The standard InChI is InChI=1S/C19H20ClN5O4/c20-15-8-22-19(29-24-13-3-5-28-6-4-13)23-17(15)11-1-2-12-9-25(10-16(21)26)18(27)14(12)7-11/h1-2,7-8,13,24H,3-6,9-10H2,(H2,21,26). The molecule has 0 radical (unpaired) electrons. The second-order valence-electron chi connectivity index (χ2n) is 6.96. The highest BCUT2D eigenvalue weighted by molar-refractivity contribution is 6.32. The van der Waals surface area contributed by atoms with Crippen LogP contribution >= 0.6 is 11.6 Å². The minimum absolute atomic E-state index is 0.118. The van der Waals surface area contributed by atoms with E-state index in [1.165, 1.54) is 11.1 Å². The van der Waals surface area contributed by atoms with Gasteiger partial charge < -0.3 is 20.2 Å². The van der Waals surface area contributed by atoms with Crippen LogP contribution in [0.5, 0.6) is 6.01 Å². The number of benzene rings is 1. The molecule has 1 aromatic carbocycles. The van der Waals surface area contributed by atoms with Crippen LogP contribution in [0.1, 0.15) is 28.8 Å².